The van der Waals surface area contributed by atoms with Crippen LogP contribution in [0.4, 0.5) is 0 Å². The summed E-state index contributed by atoms with van der Waals surface area (Å²) in [7, 11) is 0. The van der Waals surface area contributed by atoms with Gasteiger partial charge in [-0.1, -0.05) is 24.3 Å². The third-order valence-corrected chi connectivity index (χ3v) is 2.16. The number of hydrogen-bond acceptors (Lipinski definition) is 4. The van der Waals surface area contributed by atoms with Gasteiger partial charge in [0, 0.05) is 0 Å². The quantitative estimate of drug-likeness (QED) is 0.685. The highest BCUT2D eigenvalue weighted by atomic mass is 16.7. The van der Waals surface area contributed by atoms with Gasteiger partial charge in [0.1, 0.15) is 0 Å². The van der Waals surface area contributed by atoms with E-state index in [4.69, 9.17) is 19.7 Å². The minimum absolute atomic E-state index is 0.0764. The standard InChI is InChI=1S/C7H6O2.C6H6O2/c1-2-4-7-6(3-1)8-5-9-7;7-5-3-1-2-4-6(5)8/h1-4H,5H2;1-4,7-8H. The Morgan fingerprint density at radius 2 is 1.12 bits per heavy atom. The molecule has 1 aliphatic rings. The molecule has 0 saturated heterocycles. The van der Waals surface area contributed by atoms with Crippen LogP contribution in [0.1, 0.15) is 0 Å². The molecule has 1 aliphatic heterocycles. The number of phenols is 2. The minimum Gasteiger partial charge on any atom is -0.504 e. The summed E-state index contributed by atoms with van der Waals surface area (Å²) in [5, 5.41) is 17.3. The second-order valence-corrected chi connectivity index (χ2v) is 3.34. The Labute approximate surface area is 98.7 Å². The average molecular weight is 232 g/mol. The van der Waals surface area contributed by atoms with E-state index in [0.29, 0.717) is 6.79 Å². The van der Waals surface area contributed by atoms with Crippen molar-refractivity contribution in [3.8, 4) is 23.0 Å². The van der Waals surface area contributed by atoms with Crippen molar-refractivity contribution in [3.63, 3.8) is 0 Å². The minimum atomic E-state index is -0.0764. The topological polar surface area (TPSA) is 58.9 Å². The van der Waals surface area contributed by atoms with Crippen LogP contribution in [0.3, 0.4) is 0 Å². The summed E-state index contributed by atoms with van der Waals surface area (Å²) in [4.78, 5) is 0. The molecule has 0 fully saturated rings. The summed E-state index contributed by atoms with van der Waals surface area (Å²) in [6, 6.07) is 13.8. The Bertz CT molecular complexity index is 452. The fourth-order valence-electron chi connectivity index (χ4n) is 1.31. The van der Waals surface area contributed by atoms with Gasteiger partial charge in [-0.25, -0.2) is 0 Å². The summed E-state index contributed by atoms with van der Waals surface area (Å²) in [6.07, 6.45) is 0. The number of benzene rings is 2. The van der Waals surface area contributed by atoms with Crippen molar-refractivity contribution < 1.29 is 19.7 Å². The van der Waals surface area contributed by atoms with E-state index in [2.05, 4.69) is 0 Å². The van der Waals surface area contributed by atoms with E-state index >= 15 is 0 Å². The molecule has 2 aromatic rings. The van der Waals surface area contributed by atoms with Gasteiger partial charge in [-0.2, -0.15) is 0 Å². The Kier molecular flexibility index (Phi) is 3.35. The van der Waals surface area contributed by atoms with Gasteiger partial charge in [0.15, 0.2) is 23.0 Å². The fourth-order valence-corrected chi connectivity index (χ4v) is 1.31. The highest BCUT2D eigenvalue weighted by Crippen LogP contribution is 2.30. The van der Waals surface area contributed by atoms with Crippen molar-refractivity contribution in [2.45, 2.75) is 0 Å². The predicted octanol–water partition coefficient (Wildman–Crippen LogP) is 2.51. The van der Waals surface area contributed by atoms with Gasteiger partial charge >= 0.3 is 0 Å². The van der Waals surface area contributed by atoms with E-state index in [1.165, 1.54) is 12.1 Å². The number of hydrogen-bond donors (Lipinski definition) is 2. The molecule has 17 heavy (non-hydrogen) atoms. The van der Waals surface area contributed by atoms with E-state index in [0.717, 1.165) is 11.5 Å². The SMILES string of the molecule is Oc1ccccc1O.c1ccc2c(c1)OCO2. The number of rotatable bonds is 0. The third-order valence-electron chi connectivity index (χ3n) is 2.16. The van der Waals surface area contributed by atoms with Gasteiger partial charge < -0.3 is 19.7 Å². The Morgan fingerprint density at radius 3 is 1.53 bits per heavy atom. The molecular formula is C13H12O4. The average Bonchev–Trinajstić information content (AvgIpc) is 2.82. The smallest absolute Gasteiger partial charge is 0.231 e. The van der Waals surface area contributed by atoms with Crippen LogP contribution in [0.25, 0.3) is 0 Å². The van der Waals surface area contributed by atoms with Gasteiger partial charge in [-0.05, 0) is 24.3 Å². The van der Waals surface area contributed by atoms with Crippen LogP contribution in [0.15, 0.2) is 48.5 Å². The van der Waals surface area contributed by atoms with Crippen molar-refractivity contribution in [3.05, 3.63) is 48.5 Å². The Morgan fingerprint density at radius 1 is 0.706 bits per heavy atom. The molecule has 0 bridgehead atoms. The molecule has 0 spiro atoms. The van der Waals surface area contributed by atoms with Crippen LogP contribution in [0.2, 0.25) is 0 Å². The van der Waals surface area contributed by atoms with Crippen LogP contribution in [-0.4, -0.2) is 17.0 Å². The van der Waals surface area contributed by atoms with Crippen molar-refractivity contribution in [1.82, 2.24) is 0 Å². The highest BCUT2D eigenvalue weighted by Gasteiger charge is 2.09. The van der Waals surface area contributed by atoms with Gasteiger partial charge in [-0.15, -0.1) is 0 Å². The molecule has 0 aliphatic carbocycles. The van der Waals surface area contributed by atoms with Gasteiger partial charge in [0.05, 0.1) is 0 Å². The maximum absolute atomic E-state index is 8.67. The predicted molar refractivity (Wildman–Crippen MR) is 62.3 cm³/mol. The van der Waals surface area contributed by atoms with E-state index in [1.54, 1.807) is 12.1 Å². The van der Waals surface area contributed by atoms with Crippen LogP contribution in [0, 0.1) is 0 Å². The van der Waals surface area contributed by atoms with Gasteiger partial charge in [0.25, 0.3) is 0 Å². The molecule has 0 radical (unpaired) electrons. The number of ether oxygens (including phenoxy) is 2. The zero-order valence-corrected chi connectivity index (χ0v) is 9.04. The summed E-state index contributed by atoms with van der Waals surface area (Å²) in [5.41, 5.74) is 0. The molecule has 4 nitrogen and oxygen atoms in total. The van der Waals surface area contributed by atoms with Crippen LogP contribution >= 0.6 is 0 Å². The number of phenolic OH excluding ortho intramolecular Hbond substituents is 2. The maximum Gasteiger partial charge on any atom is 0.231 e. The molecule has 4 heteroatoms. The lowest BCUT2D eigenvalue weighted by Crippen LogP contribution is -1.92. The van der Waals surface area contributed by atoms with Crippen molar-refractivity contribution in [2.75, 3.05) is 6.79 Å². The zero-order valence-electron chi connectivity index (χ0n) is 9.04. The molecule has 0 saturated carbocycles. The summed E-state index contributed by atoms with van der Waals surface area (Å²) in [5.74, 6) is 1.54. The number of aromatic hydroxyl groups is 2. The van der Waals surface area contributed by atoms with Gasteiger partial charge in [-0.3, -0.25) is 0 Å². The molecule has 3 rings (SSSR count). The molecule has 0 amide bonds. The monoisotopic (exact) mass is 232 g/mol. The zero-order chi connectivity index (χ0) is 12.1. The van der Waals surface area contributed by atoms with Crippen LogP contribution in [0.5, 0.6) is 23.0 Å². The first-order chi connectivity index (χ1) is 8.27. The Hall–Kier alpha value is -2.36. The van der Waals surface area contributed by atoms with E-state index in [1.807, 2.05) is 24.3 Å². The lowest BCUT2D eigenvalue weighted by Gasteiger charge is -1.91. The summed E-state index contributed by atoms with van der Waals surface area (Å²) < 4.78 is 10.2. The van der Waals surface area contributed by atoms with Crippen LogP contribution < -0.4 is 9.47 Å². The van der Waals surface area contributed by atoms with Crippen molar-refractivity contribution in [1.29, 1.82) is 0 Å². The molecule has 0 aromatic heterocycles. The molecule has 2 N–H and O–H groups in total. The largest absolute Gasteiger partial charge is 0.504 e. The first-order valence-corrected chi connectivity index (χ1v) is 5.09. The van der Waals surface area contributed by atoms with E-state index in [-0.39, 0.29) is 11.5 Å². The lowest BCUT2D eigenvalue weighted by molar-refractivity contribution is 0.174. The molecular weight excluding hydrogens is 220 g/mol. The molecule has 0 unspecified atom stereocenters. The number of fused-ring (bicyclic) bond motifs is 1. The van der Waals surface area contributed by atoms with Gasteiger partial charge in [0.2, 0.25) is 6.79 Å². The first kappa shape index (κ1) is 11.1. The summed E-state index contributed by atoms with van der Waals surface area (Å²) in [6.45, 7) is 0.360. The summed E-state index contributed by atoms with van der Waals surface area (Å²) >= 11 is 0. The molecule has 0 atom stereocenters. The van der Waals surface area contributed by atoms with E-state index < -0.39 is 0 Å². The highest BCUT2D eigenvalue weighted by molar-refractivity contribution is 5.40. The number of para-hydroxylation sites is 4. The van der Waals surface area contributed by atoms with Crippen LogP contribution in [-0.2, 0) is 0 Å². The molecule has 1 heterocycles. The van der Waals surface area contributed by atoms with Crippen molar-refractivity contribution >= 4 is 0 Å². The maximum atomic E-state index is 8.67. The third kappa shape index (κ3) is 2.81. The fraction of sp³-hybridized carbons (Fsp3) is 0.0769. The normalized spacial score (nSPS) is 11.5. The van der Waals surface area contributed by atoms with E-state index in [9.17, 15) is 0 Å². The molecule has 88 valence electrons. The van der Waals surface area contributed by atoms with Crippen molar-refractivity contribution in [2.24, 2.45) is 0 Å². The molecule has 2 aromatic carbocycles. The first-order valence-electron chi connectivity index (χ1n) is 5.09. The Balaban J connectivity index is 0.000000128. The second-order valence-electron chi connectivity index (χ2n) is 3.34. The second kappa shape index (κ2) is 5.12. The lowest BCUT2D eigenvalue weighted by atomic mass is 10.3.